The van der Waals surface area contributed by atoms with Crippen molar-refractivity contribution in [2.24, 2.45) is 5.92 Å². The van der Waals surface area contributed by atoms with E-state index in [2.05, 4.69) is 17.6 Å². The van der Waals surface area contributed by atoms with Crippen LogP contribution in [-0.4, -0.2) is 51.0 Å². The van der Waals surface area contributed by atoms with Crippen LogP contribution in [0, 0.1) is 5.92 Å². The van der Waals surface area contributed by atoms with Crippen LogP contribution in [0.25, 0.3) is 0 Å². The lowest BCUT2D eigenvalue weighted by molar-refractivity contribution is -0.126. The molecule has 0 aliphatic carbocycles. The topological polar surface area (TPSA) is 59.6 Å². The summed E-state index contributed by atoms with van der Waals surface area (Å²) >= 11 is 0. The van der Waals surface area contributed by atoms with E-state index in [0.29, 0.717) is 19.8 Å². The highest BCUT2D eigenvalue weighted by molar-refractivity contribution is 5.79. The van der Waals surface area contributed by atoms with Crippen molar-refractivity contribution in [1.82, 2.24) is 10.6 Å². The van der Waals surface area contributed by atoms with Gasteiger partial charge in [0.15, 0.2) is 0 Å². The monoisotopic (exact) mass is 242 g/mol. The lowest BCUT2D eigenvalue weighted by Gasteiger charge is -2.25. The molecule has 17 heavy (non-hydrogen) atoms. The zero-order valence-corrected chi connectivity index (χ0v) is 10.4. The van der Waals surface area contributed by atoms with Crippen LogP contribution in [-0.2, 0) is 14.3 Å². The summed E-state index contributed by atoms with van der Waals surface area (Å²) in [5, 5.41) is 6.32. The number of amides is 1. The molecule has 3 atom stereocenters. The van der Waals surface area contributed by atoms with Gasteiger partial charge in [-0.25, -0.2) is 0 Å². The van der Waals surface area contributed by atoms with Crippen molar-refractivity contribution >= 4 is 5.91 Å². The molecule has 2 N–H and O–H groups in total. The molecular weight excluding hydrogens is 220 g/mol. The van der Waals surface area contributed by atoms with Crippen molar-refractivity contribution in [1.29, 1.82) is 0 Å². The van der Waals surface area contributed by atoms with Crippen molar-refractivity contribution in [2.75, 3.05) is 32.9 Å². The Balaban J connectivity index is 1.72. The fourth-order valence-electron chi connectivity index (χ4n) is 2.46. The number of carbonyl (C=O) groups is 1. The van der Waals surface area contributed by atoms with Gasteiger partial charge in [0.25, 0.3) is 0 Å². The van der Waals surface area contributed by atoms with E-state index < -0.39 is 0 Å². The van der Waals surface area contributed by atoms with E-state index in [1.165, 1.54) is 0 Å². The molecule has 2 aliphatic heterocycles. The molecule has 2 aliphatic rings. The van der Waals surface area contributed by atoms with Gasteiger partial charge in [-0.1, -0.05) is 6.92 Å². The third kappa shape index (κ3) is 3.40. The van der Waals surface area contributed by atoms with Crippen LogP contribution in [0.5, 0.6) is 0 Å². The Hall–Kier alpha value is -0.650. The SMILES string of the molecule is CCC1OCCC1C(=O)NCC1COCCN1. The van der Waals surface area contributed by atoms with Gasteiger partial charge in [-0.15, -0.1) is 0 Å². The molecule has 98 valence electrons. The van der Waals surface area contributed by atoms with E-state index in [0.717, 1.165) is 26.0 Å². The normalized spacial score (nSPS) is 33.6. The maximum absolute atomic E-state index is 12.0. The summed E-state index contributed by atoms with van der Waals surface area (Å²) in [5.41, 5.74) is 0. The van der Waals surface area contributed by atoms with Gasteiger partial charge in [0.2, 0.25) is 5.91 Å². The molecule has 0 aromatic carbocycles. The minimum Gasteiger partial charge on any atom is -0.378 e. The van der Waals surface area contributed by atoms with Crippen LogP contribution in [0.15, 0.2) is 0 Å². The second-order valence-electron chi connectivity index (χ2n) is 4.68. The van der Waals surface area contributed by atoms with E-state index in [9.17, 15) is 4.79 Å². The summed E-state index contributed by atoms with van der Waals surface area (Å²) < 4.78 is 10.9. The van der Waals surface area contributed by atoms with Gasteiger partial charge >= 0.3 is 0 Å². The lowest BCUT2D eigenvalue weighted by Crippen LogP contribution is -2.49. The quantitative estimate of drug-likeness (QED) is 0.723. The smallest absolute Gasteiger partial charge is 0.225 e. The molecule has 5 heteroatoms. The van der Waals surface area contributed by atoms with Crippen molar-refractivity contribution in [2.45, 2.75) is 31.9 Å². The Kier molecular flexibility index (Phi) is 4.76. The van der Waals surface area contributed by atoms with Crippen molar-refractivity contribution in [3.8, 4) is 0 Å². The number of nitrogens with one attached hydrogen (secondary N) is 2. The molecule has 2 heterocycles. The fraction of sp³-hybridized carbons (Fsp3) is 0.917. The Bertz CT molecular complexity index is 254. The van der Waals surface area contributed by atoms with Gasteiger partial charge in [-0.3, -0.25) is 4.79 Å². The minimum atomic E-state index is 0.0320. The zero-order valence-electron chi connectivity index (χ0n) is 10.4. The van der Waals surface area contributed by atoms with Crippen LogP contribution in [0.1, 0.15) is 19.8 Å². The summed E-state index contributed by atoms with van der Waals surface area (Å²) in [5.74, 6) is 0.159. The third-order valence-electron chi connectivity index (χ3n) is 3.47. The average Bonchev–Trinajstić information content (AvgIpc) is 2.85. The molecule has 0 bridgehead atoms. The fourth-order valence-corrected chi connectivity index (χ4v) is 2.46. The largest absolute Gasteiger partial charge is 0.378 e. The van der Waals surface area contributed by atoms with Crippen LogP contribution in [0.4, 0.5) is 0 Å². The maximum Gasteiger partial charge on any atom is 0.225 e. The van der Waals surface area contributed by atoms with Crippen LogP contribution < -0.4 is 10.6 Å². The van der Waals surface area contributed by atoms with Gasteiger partial charge in [-0.05, 0) is 12.8 Å². The Morgan fingerprint density at radius 2 is 2.35 bits per heavy atom. The molecule has 5 nitrogen and oxygen atoms in total. The second kappa shape index (κ2) is 6.33. The first-order valence-corrected chi connectivity index (χ1v) is 6.51. The molecular formula is C12H22N2O3. The molecule has 3 unspecified atom stereocenters. The van der Waals surface area contributed by atoms with E-state index in [1.54, 1.807) is 0 Å². The van der Waals surface area contributed by atoms with Crippen LogP contribution >= 0.6 is 0 Å². The molecule has 1 amide bonds. The predicted molar refractivity (Wildman–Crippen MR) is 63.8 cm³/mol. The van der Waals surface area contributed by atoms with Crippen molar-refractivity contribution in [3.63, 3.8) is 0 Å². The predicted octanol–water partition coefficient (Wildman–Crippen LogP) is -0.0939. The minimum absolute atomic E-state index is 0.0320. The summed E-state index contributed by atoms with van der Waals surface area (Å²) in [6.07, 6.45) is 1.85. The van der Waals surface area contributed by atoms with Crippen LogP contribution in [0.2, 0.25) is 0 Å². The summed E-state index contributed by atoms with van der Waals surface area (Å²) in [7, 11) is 0. The summed E-state index contributed by atoms with van der Waals surface area (Å²) in [4.78, 5) is 12.0. The van der Waals surface area contributed by atoms with Crippen LogP contribution in [0.3, 0.4) is 0 Å². The Morgan fingerprint density at radius 3 is 3.06 bits per heavy atom. The molecule has 0 saturated carbocycles. The molecule has 0 aromatic rings. The molecule has 0 aromatic heterocycles. The second-order valence-corrected chi connectivity index (χ2v) is 4.68. The number of morpholine rings is 1. The number of rotatable bonds is 4. The molecule has 0 spiro atoms. The van der Waals surface area contributed by atoms with Crippen molar-refractivity contribution < 1.29 is 14.3 Å². The van der Waals surface area contributed by atoms with Gasteiger partial charge in [0.05, 0.1) is 25.2 Å². The molecule has 2 fully saturated rings. The summed E-state index contributed by atoms with van der Waals surface area (Å²) in [6.45, 7) is 5.72. The van der Waals surface area contributed by atoms with Gasteiger partial charge in [0.1, 0.15) is 0 Å². The first-order valence-electron chi connectivity index (χ1n) is 6.51. The Labute approximate surface area is 102 Å². The lowest BCUT2D eigenvalue weighted by atomic mass is 9.98. The molecule has 0 radical (unpaired) electrons. The van der Waals surface area contributed by atoms with E-state index in [4.69, 9.17) is 9.47 Å². The molecule has 2 rings (SSSR count). The summed E-state index contributed by atoms with van der Waals surface area (Å²) in [6, 6.07) is 0.245. The average molecular weight is 242 g/mol. The van der Waals surface area contributed by atoms with Crippen molar-refractivity contribution in [3.05, 3.63) is 0 Å². The number of ether oxygens (including phenoxy) is 2. The van der Waals surface area contributed by atoms with Gasteiger partial charge in [-0.2, -0.15) is 0 Å². The van der Waals surface area contributed by atoms with E-state index >= 15 is 0 Å². The van der Waals surface area contributed by atoms with Gasteiger partial charge < -0.3 is 20.1 Å². The highest BCUT2D eigenvalue weighted by atomic mass is 16.5. The van der Waals surface area contributed by atoms with Gasteiger partial charge in [0, 0.05) is 25.7 Å². The zero-order chi connectivity index (χ0) is 12.1. The Morgan fingerprint density at radius 1 is 1.47 bits per heavy atom. The standard InChI is InChI=1S/C12H22N2O3/c1-2-11-10(3-5-17-11)12(15)14-7-9-8-16-6-4-13-9/h9-11,13H,2-8H2,1H3,(H,14,15). The first kappa shape index (κ1) is 12.8. The third-order valence-corrected chi connectivity index (χ3v) is 3.47. The number of hydrogen-bond donors (Lipinski definition) is 2. The molecule has 2 saturated heterocycles. The highest BCUT2D eigenvalue weighted by Gasteiger charge is 2.32. The number of carbonyl (C=O) groups excluding carboxylic acids is 1. The first-order chi connectivity index (χ1) is 8.31. The van der Waals surface area contributed by atoms with E-state index in [-0.39, 0.29) is 24.0 Å². The maximum atomic E-state index is 12.0. The van der Waals surface area contributed by atoms with E-state index in [1.807, 2.05) is 0 Å². The highest BCUT2D eigenvalue weighted by Crippen LogP contribution is 2.23. The number of hydrogen-bond acceptors (Lipinski definition) is 4.